The van der Waals surface area contributed by atoms with E-state index in [1.807, 2.05) is 28.2 Å². The van der Waals surface area contributed by atoms with Gasteiger partial charge in [-0.3, -0.25) is 4.57 Å². The van der Waals surface area contributed by atoms with E-state index in [1.54, 1.807) is 0 Å². The first-order valence-electron chi connectivity index (χ1n) is 16.7. The Bertz CT molecular complexity index is 880. The van der Waals surface area contributed by atoms with Gasteiger partial charge in [0.15, 0.2) is 13.1 Å². The molecule has 0 spiro atoms. The standard InChI is InChI=1S/C33H65N2O7P.2ClH/c1-24(2)28-14-12-26(5)20-30(28)41-32(36)22-34(7,8)16-18-39-43(11,38)40-19-17-35(9,10)23-33(37)42-31-21-27(6)13-15-29(31)25(3)4;;/h24-31H,12-23H2,1-11H3;2*1H/q+2;;/p-2. The third-order valence-corrected chi connectivity index (χ3v) is 11.0. The van der Waals surface area contributed by atoms with E-state index in [0.29, 0.717) is 57.6 Å². The van der Waals surface area contributed by atoms with E-state index in [2.05, 4.69) is 41.5 Å². The van der Waals surface area contributed by atoms with Crippen molar-refractivity contribution in [2.75, 3.05) is 74.2 Å². The molecule has 0 N–H and O–H groups in total. The predicted octanol–water partition coefficient (Wildman–Crippen LogP) is 0.0113. The zero-order valence-electron chi connectivity index (χ0n) is 30.1. The molecular weight excluding hydrogens is 638 g/mol. The van der Waals surface area contributed by atoms with Crippen molar-refractivity contribution in [3.63, 3.8) is 0 Å². The molecule has 0 aromatic carbocycles. The maximum atomic E-state index is 13.0. The number of rotatable bonds is 16. The molecule has 0 aromatic rings. The SMILES string of the molecule is CC1CCC(C(C)C)C(OC(=O)C[N+](C)(C)CCOP(C)(=O)OCC[N+](C)(C)CC(=O)OC2CC(C)CCC2C(C)C)C1.[Cl-].[Cl-]. The molecule has 2 fully saturated rings. The molecule has 6 unspecified atom stereocenters. The van der Waals surface area contributed by atoms with Gasteiger partial charge in [-0.2, -0.15) is 0 Å². The molecular formula is C33H65Cl2N2O7P. The van der Waals surface area contributed by atoms with E-state index in [0.717, 1.165) is 25.7 Å². The lowest BCUT2D eigenvalue weighted by atomic mass is 9.75. The smallest absolute Gasteiger partial charge is 0.362 e. The molecule has 0 bridgehead atoms. The van der Waals surface area contributed by atoms with Crippen LogP contribution in [0.4, 0.5) is 0 Å². The van der Waals surface area contributed by atoms with E-state index < -0.39 is 7.60 Å². The lowest BCUT2D eigenvalue weighted by Gasteiger charge is -2.37. The summed E-state index contributed by atoms with van der Waals surface area (Å²) in [5.41, 5.74) is 0. The summed E-state index contributed by atoms with van der Waals surface area (Å²) in [7, 11) is 4.51. The van der Waals surface area contributed by atoms with Crippen LogP contribution < -0.4 is 24.8 Å². The molecule has 0 aliphatic heterocycles. The molecule has 2 aliphatic rings. The van der Waals surface area contributed by atoms with Gasteiger partial charge < -0.3 is 52.3 Å². The summed E-state index contributed by atoms with van der Waals surface area (Å²) in [6.45, 7) is 16.6. The highest BCUT2D eigenvalue weighted by molar-refractivity contribution is 7.52. The van der Waals surface area contributed by atoms with Gasteiger partial charge in [-0.05, 0) is 61.2 Å². The summed E-state index contributed by atoms with van der Waals surface area (Å²) in [4.78, 5) is 25.7. The van der Waals surface area contributed by atoms with Crippen LogP contribution >= 0.6 is 7.60 Å². The highest BCUT2D eigenvalue weighted by Gasteiger charge is 2.36. The zero-order chi connectivity index (χ0) is 32.6. The van der Waals surface area contributed by atoms with Crippen molar-refractivity contribution < 1.29 is 66.5 Å². The van der Waals surface area contributed by atoms with E-state index in [-0.39, 0.29) is 75.3 Å². The summed E-state index contributed by atoms with van der Waals surface area (Å²) in [6, 6.07) is 0. The molecule has 0 amide bonds. The fraction of sp³-hybridized carbons (Fsp3) is 0.939. The van der Waals surface area contributed by atoms with Crippen molar-refractivity contribution in [3.8, 4) is 0 Å². The lowest BCUT2D eigenvalue weighted by molar-refractivity contribution is -0.883. The number of halogens is 2. The normalized spacial score (nSPS) is 27.2. The number of carbonyl (C=O) groups excluding carboxylic acids is 2. The van der Waals surface area contributed by atoms with Crippen LogP contribution in [-0.2, 0) is 32.7 Å². The average molecular weight is 704 g/mol. The fourth-order valence-corrected chi connectivity index (χ4v) is 7.62. The Labute approximate surface area is 287 Å². The Hall–Kier alpha value is -0.410. The van der Waals surface area contributed by atoms with Gasteiger partial charge in [-0.15, -0.1) is 0 Å². The van der Waals surface area contributed by atoms with Crippen LogP contribution in [0.3, 0.4) is 0 Å². The maximum Gasteiger partial charge on any atom is 0.362 e. The molecule has 0 saturated heterocycles. The van der Waals surface area contributed by atoms with E-state index in [1.165, 1.54) is 19.5 Å². The van der Waals surface area contributed by atoms with Gasteiger partial charge in [0.25, 0.3) is 0 Å². The quantitative estimate of drug-likeness (QED) is 0.127. The Morgan fingerprint density at radius 1 is 0.689 bits per heavy atom. The van der Waals surface area contributed by atoms with Gasteiger partial charge in [-0.1, -0.05) is 54.4 Å². The summed E-state index contributed by atoms with van der Waals surface area (Å²) in [5, 5.41) is 0. The molecule has 2 aliphatic carbocycles. The monoisotopic (exact) mass is 702 g/mol. The number of quaternary nitrogens is 2. The van der Waals surface area contributed by atoms with Crippen LogP contribution in [0.5, 0.6) is 0 Å². The molecule has 45 heavy (non-hydrogen) atoms. The molecule has 0 heterocycles. The summed E-state index contributed by atoms with van der Waals surface area (Å²) < 4.78 is 37.0. The Morgan fingerprint density at radius 3 is 1.33 bits per heavy atom. The van der Waals surface area contributed by atoms with Crippen LogP contribution in [0.25, 0.3) is 0 Å². The van der Waals surface area contributed by atoms with Crippen molar-refractivity contribution in [1.29, 1.82) is 0 Å². The van der Waals surface area contributed by atoms with Crippen LogP contribution in [0.15, 0.2) is 0 Å². The number of esters is 2. The van der Waals surface area contributed by atoms with E-state index in [9.17, 15) is 14.2 Å². The van der Waals surface area contributed by atoms with Gasteiger partial charge in [-0.25, -0.2) is 9.59 Å². The van der Waals surface area contributed by atoms with Crippen LogP contribution in [-0.4, -0.2) is 107 Å². The van der Waals surface area contributed by atoms with Gasteiger partial charge in [0, 0.05) is 6.66 Å². The highest BCUT2D eigenvalue weighted by atomic mass is 35.5. The zero-order valence-corrected chi connectivity index (χ0v) is 32.5. The number of ether oxygens (including phenoxy) is 2. The number of nitrogens with zero attached hydrogens (tertiary/aromatic N) is 2. The van der Waals surface area contributed by atoms with Crippen molar-refractivity contribution in [2.45, 2.75) is 92.3 Å². The van der Waals surface area contributed by atoms with Crippen molar-refractivity contribution in [1.82, 2.24) is 0 Å². The van der Waals surface area contributed by atoms with Crippen molar-refractivity contribution >= 4 is 19.5 Å². The minimum Gasteiger partial charge on any atom is -1.00 e. The fourth-order valence-electron chi connectivity index (χ4n) is 6.71. The minimum absolute atomic E-state index is 0. The Morgan fingerprint density at radius 2 is 1.02 bits per heavy atom. The first kappa shape index (κ1) is 44.6. The average Bonchev–Trinajstić information content (AvgIpc) is 2.82. The molecule has 2 rings (SSSR count). The topological polar surface area (TPSA) is 88.1 Å². The summed E-state index contributed by atoms with van der Waals surface area (Å²) in [6.07, 6.45) is 6.41. The summed E-state index contributed by atoms with van der Waals surface area (Å²) in [5.74, 6) is 2.56. The van der Waals surface area contributed by atoms with E-state index in [4.69, 9.17) is 18.5 Å². The van der Waals surface area contributed by atoms with Gasteiger partial charge >= 0.3 is 19.5 Å². The number of likely N-dealkylation sites (N-methyl/N-ethyl adjacent to an activating group) is 2. The molecule has 0 radical (unpaired) electrons. The van der Waals surface area contributed by atoms with E-state index >= 15 is 0 Å². The molecule has 268 valence electrons. The number of hydrogen-bond acceptors (Lipinski definition) is 7. The predicted molar refractivity (Wildman–Crippen MR) is 172 cm³/mol. The minimum atomic E-state index is -3.30. The van der Waals surface area contributed by atoms with Crippen LogP contribution in [0, 0.1) is 35.5 Å². The van der Waals surface area contributed by atoms with Crippen molar-refractivity contribution in [3.05, 3.63) is 0 Å². The molecule has 0 aromatic heterocycles. The van der Waals surface area contributed by atoms with Gasteiger partial charge in [0.05, 0.1) is 28.2 Å². The molecule has 6 atom stereocenters. The second-order valence-electron chi connectivity index (χ2n) is 15.8. The molecule has 12 heteroatoms. The number of carbonyl (C=O) groups is 2. The lowest BCUT2D eigenvalue weighted by Crippen LogP contribution is -3.00. The Kier molecular flexibility index (Phi) is 19.4. The first-order valence-corrected chi connectivity index (χ1v) is 18.7. The van der Waals surface area contributed by atoms with Crippen LogP contribution in [0.2, 0.25) is 0 Å². The largest absolute Gasteiger partial charge is 1.00 e. The first-order chi connectivity index (χ1) is 19.8. The molecule has 9 nitrogen and oxygen atoms in total. The highest BCUT2D eigenvalue weighted by Crippen LogP contribution is 2.43. The van der Waals surface area contributed by atoms with Crippen molar-refractivity contribution in [2.24, 2.45) is 35.5 Å². The maximum absolute atomic E-state index is 13.0. The molecule has 2 saturated carbocycles. The second kappa shape index (κ2) is 19.6. The summed E-state index contributed by atoms with van der Waals surface area (Å²) >= 11 is 0. The van der Waals surface area contributed by atoms with Gasteiger partial charge in [0.2, 0.25) is 0 Å². The third-order valence-electron chi connectivity index (χ3n) is 9.65. The van der Waals surface area contributed by atoms with Gasteiger partial charge in [0.1, 0.15) is 38.5 Å². The van der Waals surface area contributed by atoms with Crippen LogP contribution in [0.1, 0.15) is 80.1 Å². The number of hydrogen-bond donors (Lipinski definition) is 0. The Balaban J connectivity index is 0.00000968. The third kappa shape index (κ3) is 16.5. The second-order valence-corrected chi connectivity index (χ2v) is 17.8.